The predicted molar refractivity (Wildman–Crippen MR) is 69.0 cm³/mol. The number of hydrogen-bond acceptors (Lipinski definition) is 3. The van der Waals surface area contributed by atoms with Crippen LogP contribution in [-0.4, -0.2) is 11.9 Å². The monoisotopic (exact) mass is 246 g/mol. The predicted octanol–water partition coefficient (Wildman–Crippen LogP) is 3.27. The van der Waals surface area contributed by atoms with Gasteiger partial charge in [-0.15, -0.1) is 0 Å². The highest BCUT2D eigenvalue weighted by molar-refractivity contribution is 6.16. The van der Waals surface area contributed by atoms with Gasteiger partial charge >= 0.3 is 11.9 Å². The maximum atomic E-state index is 11.8. The van der Waals surface area contributed by atoms with Gasteiger partial charge in [0.05, 0.1) is 11.1 Å². The molecule has 3 heteroatoms. The quantitative estimate of drug-likeness (QED) is 0.607. The summed E-state index contributed by atoms with van der Waals surface area (Å²) >= 11 is 0. The number of esters is 2. The summed E-state index contributed by atoms with van der Waals surface area (Å²) in [5.74, 6) is -0.972. The lowest BCUT2D eigenvalue weighted by Crippen LogP contribution is -2.07. The van der Waals surface area contributed by atoms with Gasteiger partial charge in [-0.05, 0) is 55.9 Å². The number of carbonyl (C=O) groups excluding carboxylic acids is 2. The van der Waals surface area contributed by atoms with E-state index >= 15 is 0 Å². The molecule has 0 bridgehead atoms. The molecule has 1 heterocycles. The highest BCUT2D eigenvalue weighted by Gasteiger charge is 2.35. The van der Waals surface area contributed by atoms with Gasteiger partial charge in [-0.3, -0.25) is 0 Å². The number of carbonyl (C=O) groups is 2. The maximum Gasteiger partial charge on any atom is 0.347 e. The highest BCUT2D eigenvalue weighted by Crippen LogP contribution is 2.33. The van der Waals surface area contributed by atoms with Crippen molar-refractivity contribution in [1.82, 2.24) is 0 Å². The van der Waals surface area contributed by atoms with Gasteiger partial charge in [0.15, 0.2) is 0 Å². The summed E-state index contributed by atoms with van der Waals surface area (Å²) in [6.45, 7) is 8.00. The molecule has 0 N–H and O–H groups in total. The lowest BCUT2D eigenvalue weighted by atomic mass is 9.87. The minimum absolute atomic E-state index is 0.479. The van der Waals surface area contributed by atoms with Gasteiger partial charge in [-0.2, -0.15) is 0 Å². The molecule has 0 saturated carbocycles. The van der Waals surface area contributed by atoms with E-state index < -0.39 is 11.9 Å². The van der Waals surface area contributed by atoms with Gasteiger partial charge in [0.25, 0.3) is 0 Å². The molecule has 0 fully saturated rings. The Morgan fingerprint density at radius 2 is 1.50 bits per heavy atom. The standard InChI is InChI=1S/C15H18O3/c1-5-6-7-11-9(3)8(2)10(4)12-13(11)15(17)18-14(12)16/h5-7H2,1-4H3. The highest BCUT2D eigenvalue weighted by atomic mass is 16.6. The Hall–Kier alpha value is -1.64. The molecule has 0 unspecified atom stereocenters. The van der Waals surface area contributed by atoms with Gasteiger partial charge in [0.1, 0.15) is 0 Å². The Balaban J connectivity index is 2.70. The molecule has 0 radical (unpaired) electrons. The summed E-state index contributed by atoms with van der Waals surface area (Å²) < 4.78 is 4.77. The minimum Gasteiger partial charge on any atom is -0.386 e. The SMILES string of the molecule is CCCCc1c(C)c(C)c(C)c2c1C(=O)OC2=O. The van der Waals surface area contributed by atoms with E-state index in [1.54, 1.807) is 0 Å². The van der Waals surface area contributed by atoms with E-state index in [2.05, 4.69) is 6.92 Å². The minimum atomic E-state index is -0.492. The Bertz CT molecular complexity index is 541. The van der Waals surface area contributed by atoms with Crippen molar-refractivity contribution in [2.75, 3.05) is 0 Å². The van der Waals surface area contributed by atoms with Crippen molar-refractivity contribution in [2.45, 2.75) is 47.0 Å². The normalized spacial score (nSPS) is 13.8. The zero-order valence-corrected chi connectivity index (χ0v) is 11.3. The van der Waals surface area contributed by atoms with Crippen LogP contribution in [-0.2, 0) is 11.2 Å². The number of cyclic esters (lactones) is 2. The Labute approximate surface area is 107 Å². The fourth-order valence-electron chi connectivity index (χ4n) is 2.55. The second kappa shape index (κ2) is 4.56. The summed E-state index contributed by atoms with van der Waals surface area (Å²) in [4.78, 5) is 23.6. The average molecular weight is 246 g/mol. The van der Waals surface area contributed by atoms with Crippen LogP contribution < -0.4 is 0 Å². The number of rotatable bonds is 3. The molecule has 0 spiro atoms. The van der Waals surface area contributed by atoms with Crippen LogP contribution in [0, 0.1) is 20.8 Å². The first-order valence-electron chi connectivity index (χ1n) is 6.38. The molecule has 2 rings (SSSR count). The van der Waals surface area contributed by atoms with Crippen molar-refractivity contribution in [3.05, 3.63) is 33.4 Å². The third kappa shape index (κ3) is 1.74. The average Bonchev–Trinajstić information content (AvgIpc) is 2.62. The van der Waals surface area contributed by atoms with Crippen molar-refractivity contribution in [3.63, 3.8) is 0 Å². The van der Waals surface area contributed by atoms with Crippen LogP contribution in [0.25, 0.3) is 0 Å². The number of hydrogen-bond donors (Lipinski definition) is 0. The summed E-state index contributed by atoms with van der Waals surface area (Å²) in [7, 11) is 0. The van der Waals surface area contributed by atoms with Gasteiger partial charge < -0.3 is 4.74 Å². The second-order valence-corrected chi connectivity index (χ2v) is 4.88. The van der Waals surface area contributed by atoms with Crippen LogP contribution in [0.1, 0.15) is 62.7 Å². The fraction of sp³-hybridized carbons (Fsp3) is 0.467. The number of unbranched alkanes of at least 4 members (excludes halogenated alkanes) is 1. The first-order chi connectivity index (χ1) is 8.49. The van der Waals surface area contributed by atoms with Gasteiger partial charge in [0, 0.05) is 0 Å². The van der Waals surface area contributed by atoms with Crippen molar-refractivity contribution in [1.29, 1.82) is 0 Å². The van der Waals surface area contributed by atoms with Gasteiger partial charge in [-0.25, -0.2) is 9.59 Å². The third-order valence-corrected chi connectivity index (χ3v) is 3.88. The summed E-state index contributed by atoms with van der Waals surface area (Å²) in [5, 5.41) is 0. The second-order valence-electron chi connectivity index (χ2n) is 4.88. The van der Waals surface area contributed by atoms with Gasteiger partial charge in [0.2, 0.25) is 0 Å². The Morgan fingerprint density at radius 1 is 0.889 bits per heavy atom. The molecular weight excluding hydrogens is 228 g/mol. The molecule has 3 nitrogen and oxygen atoms in total. The summed E-state index contributed by atoms with van der Waals surface area (Å²) in [5.41, 5.74) is 5.06. The molecule has 0 aliphatic carbocycles. The van der Waals surface area contributed by atoms with Crippen LogP contribution in [0.4, 0.5) is 0 Å². The summed E-state index contributed by atoms with van der Waals surface area (Å²) in [6, 6.07) is 0. The largest absolute Gasteiger partial charge is 0.386 e. The van der Waals surface area contributed by atoms with Crippen molar-refractivity contribution < 1.29 is 14.3 Å². The maximum absolute atomic E-state index is 11.8. The first-order valence-corrected chi connectivity index (χ1v) is 6.38. The molecule has 1 aliphatic heterocycles. The van der Waals surface area contributed by atoms with E-state index in [0.29, 0.717) is 11.1 Å². The van der Waals surface area contributed by atoms with Crippen LogP contribution >= 0.6 is 0 Å². The van der Waals surface area contributed by atoms with E-state index in [1.807, 2.05) is 20.8 Å². The lowest BCUT2D eigenvalue weighted by Gasteiger charge is -2.14. The smallest absolute Gasteiger partial charge is 0.347 e. The van der Waals surface area contributed by atoms with Crippen LogP contribution in [0.2, 0.25) is 0 Å². The Morgan fingerprint density at radius 3 is 2.11 bits per heavy atom. The topological polar surface area (TPSA) is 43.4 Å². The zero-order valence-electron chi connectivity index (χ0n) is 11.3. The van der Waals surface area contributed by atoms with Crippen molar-refractivity contribution in [3.8, 4) is 0 Å². The molecule has 1 aromatic carbocycles. The van der Waals surface area contributed by atoms with Crippen LogP contribution in [0.5, 0.6) is 0 Å². The fourth-order valence-corrected chi connectivity index (χ4v) is 2.55. The number of ether oxygens (including phenoxy) is 1. The molecule has 0 saturated heterocycles. The van der Waals surface area contributed by atoms with E-state index in [4.69, 9.17) is 4.74 Å². The van der Waals surface area contributed by atoms with E-state index in [0.717, 1.165) is 41.5 Å². The summed E-state index contributed by atoms with van der Waals surface area (Å²) in [6.07, 6.45) is 2.90. The van der Waals surface area contributed by atoms with Gasteiger partial charge in [-0.1, -0.05) is 13.3 Å². The van der Waals surface area contributed by atoms with E-state index in [-0.39, 0.29) is 0 Å². The number of benzene rings is 1. The van der Waals surface area contributed by atoms with Crippen molar-refractivity contribution >= 4 is 11.9 Å². The zero-order chi connectivity index (χ0) is 13.4. The molecular formula is C15H18O3. The van der Waals surface area contributed by atoms with E-state index in [9.17, 15) is 9.59 Å². The van der Waals surface area contributed by atoms with Crippen LogP contribution in [0.15, 0.2) is 0 Å². The molecule has 0 atom stereocenters. The third-order valence-electron chi connectivity index (χ3n) is 3.88. The molecule has 0 amide bonds. The lowest BCUT2D eigenvalue weighted by molar-refractivity contribution is 0.0443. The van der Waals surface area contributed by atoms with Crippen LogP contribution in [0.3, 0.4) is 0 Å². The molecule has 96 valence electrons. The number of fused-ring (bicyclic) bond motifs is 1. The Kier molecular flexibility index (Phi) is 3.24. The van der Waals surface area contributed by atoms with Crippen molar-refractivity contribution in [2.24, 2.45) is 0 Å². The molecule has 18 heavy (non-hydrogen) atoms. The van der Waals surface area contributed by atoms with E-state index in [1.165, 1.54) is 0 Å². The molecule has 1 aromatic rings. The molecule has 0 aromatic heterocycles. The molecule has 1 aliphatic rings. The first kappa shape index (κ1) is 12.8.